The fraction of sp³-hybridized carbons (Fsp3) is 0.111. The summed E-state index contributed by atoms with van der Waals surface area (Å²) < 4.78 is 32.3. The molecule has 3 rings (SSSR count). The normalized spacial score (nSPS) is 10.5. The van der Waals surface area contributed by atoms with E-state index in [1.165, 1.54) is 17.1 Å². The van der Waals surface area contributed by atoms with Gasteiger partial charge in [0.2, 0.25) is 0 Å². The third kappa shape index (κ3) is 4.48. The fourth-order valence-corrected chi connectivity index (χ4v) is 2.20. The average molecular weight is 342 g/mol. The summed E-state index contributed by atoms with van der Waals surface area (Å²) in [5.74, 6) is 4.89. The molecule has 0 amide bonds. The first-order chi connectivity index (χ1) is 12.1. The molecule has 1 aromatic heterocycles. The molecule has 2 aromatic carbocycles. The summed E-state index contributed by atoms with van der Waals surface area (Å²) in [5, 5.41) is 1.19. The van der Waals surface area contributed by atoms with Crippen LogP contribution in [-0.2, 0) is 13.2 Å². The van der Waals surface area contributed by atoms with E-state index in [1.54, 1.807) is 12.1 Å². The molecule has 1 heterocycles. The van der Waals surface area contributed by atoms with Gasteiger partial charge in [-0.3, -0.25) is 5.01 Å². The van der Waals surface area contributed by atoms with Gasteiger partial charge in [-0.15, -0.1) is 0 Å². The van der Waals surface area contributed by atoms with Crippen molar-refractivity contribution < 1.29 is 13.5 Å². The molecule has 7 heteroatoms. The highest BCUT2D eigenvalue weighted by Crippen LogP contribution is 2.18. The Hall–Kier alpha value is -3.06. The lowest BCUT2D eigenvalue weighted by Gasteiger charge is -2.18. The highest BCUT2D eigenvalue weighted by Gasteiger charge is 2.13. The Morgan fingerprint density at radius 2 is 1.68 bits per heavy atom. The van der Waals surface area contributed by atoms with E-state index in [-0.39, 0.29) is 30.8 Å². The number of halogens is 2. The van der Waals surface area contributed by atoms with Gasteiger partial charge in [-0.2, -0.15) is 4.98 Å². The zero-order chi connectivity index (χ0) is 17.6. The second-order valence-electron chi connectivity index (χ2n) is 5.35. The van der Waals surface area contributed by atoms with Gasteiger partial charge >= 0.3 is 6.01 Å². The molecule has 5 nitrogen and oxygen atoms in total. The van der Waals surface area contributed by atoms with Crippen molar-refractivity contribution >= 4 is 5.82 Å². The molecule has 0 saturated carbocycles. The van der Waals surface area contributed by atoms with E-state index in [2.05, 4.69) is 9.97 Å². The molecular formula is C18H16F2N4O. The summed E-state index contributed by atoms with van der Waals surface area (Å²) in [6, 6.07) is 15.2. The largest absolute Gasteiger partial charge is 0.459 e. The minimum Gasteiger partial charge on any atom is -0.459 e. The average Bonchev–Trinajstić information content (AvgIpc) is 2.63. The molecule has 0 aliphatic rings. The van der Waals surface area contributed by atoms with Crippen LogP contribution in [0.1, 0.15) is 11.1 Å². The monoisotopic (exact) mass is 342 g/mol. The molecule has 0 bridgehead atoms. The van der Waals surface area contributed by atoms with Crippen molar-refractivity contribution in [2.45, 2.75) is 13.2 Å². The van der Waals surface area contributed by atoms with E-state index in [9.17, 15) is 8.78 Å². The molecule has 0 unspecified atom stereocenters. The van der Waals surface area contributed by atoms with Gasteiger partial charge in [-0.05, 0) is 23.3 Å². The van der Waals surface area contributed by atoms with Gasteiger partial charge in [0.25, 0.3) is 0 Å². The molecule has 0 spiro atoms. The number of nitrogens with two attached hydrogens (primary N) is 1. The van der Waals surface area contributed by atoms with Crippen LogP contribution in [0, 0.1) is 11.6 Å². The lowest BCUT2D eigenvalue weighted by atomic mass is 10.2. The van der Waals surface area contributed by atoms with Crippen molar-refractivity contribution in [3.63, 3.8) is 0 Å². The summed E-state index contributed by atoms with van der Waals surface area (Å²) in [5.41, 5.74) is 1.65. The van der Waals surface area contributed by atoms with Crippen LogP contribution in [0.15, 0.2) is 60.8 Å². The molecule has 128 valence electrons. The number of aromatic nitrogens is 2. The highest BCUT2D eigenvalue weighted by molar-refractivity contribution is 5.39. The molecule has 0 atom stereocenters. The number of hydrogen-bond donors (Lipinski definition) is 1. The third-order valence-corrected chi connectivity index (χ3v) is 3.45. The number of nitrogens with zero attached hydrogens (tertiary/aromatic N) is 3. The van der Waals surface area contributed by atoms with Crippen LogP contribution in [-0.4, -0.2) is 9.97 Å². The van der Waals surface area contributed by atoms with Gasteiger partial charge in [-0.1, -0.05) is 42.5 Å². The second-order valence-corrected chi connectivity index (χ2v) is 5.35. The number of rotatable bonds is 6. The van der Waals surface area contributed by atoms with E-state index in [0.29, 0.717) is 0 Å². The summed E-state index contributed by atoms with van der Waals surface area (Å²) in [6.45, 7) is 0.417. The van der Waals surface area contributed by atoms with E-state index in [4.69, 9.17) is 10.6 Å². The molecule has 25 heavy (non-hydrogen) atoms. The van der Waals surface area contributed by atoms with E-state index in [0.717, 1.165) is 17.3 Å². The molecular weight excluding hydrogens is 326 g/mol. The first-order valence-electron chi connectivity index (χ1n) is 7.58. The Morgan fingerprint density at radius 3 is 2.40 bits per heavy atom. The zero-order valence-corrected chi connectivity index (χ0v) is 13.3. The number of hydrogen-bond acceptors (Lipinski definition) is 5. The first kappa shape index (κ1) is 16.8. The van der Waals surface area contributed by atoms with E-state index in [1.807, 2.05) is 30.3 Å². The van der Waals surface area contributed by atoms with Gasteiger partial charge in [0.1, 0.15) is 12.4 Å². The Bertz CT molecular complexity index is 828. The molecule has 3 aromatic rings. The van der Waals surface area contributed by atoms with E-state index >= 15 is 0 Å². The standard InChI is InChI=1S/C18H16F2N4O/c19-15-8-6-14(7-9-15)12-25-18-22-10-16(20)17(23-18)24(21)11-13-4-2-1-3-5-13/h1-10H,11-12,21H2. The quantitative estimate of drug-likeness (QED) is 0.550. The lowest BCUT2D eigenvalue weighted by Crippen LogP contribution is -2.32. The number of benzene rings is 2. The topological polar surface area (TPSA) is 64.3 Å². The molecule has 0 fully saturated rings. The van der Waals surface area contributed by atoms with Crippen molar-refractivity contribution in [3.8, 4) is 6.01 Å². The maximum Gasteiger partial charge on any atom is 0.318 e. The maximum atomic E-state index is 14.0. The van der Waals surface area contributed by atoms with Gasteiger partial charge in [0, 0.05) is 0 Å². The van der Waals surface area contributed by atoms with Crippen LogP contribution in [0.5, 0.6) is 6.01 Å². The number of anilines is 1. The summed E-state index contributed by atoms with van der Waals surface area (Å²) in [6.07, 6.45) is 1.01. The lowest BCUT2D eigenvalue weighted by molar-refractivity contribution is 0.279. The highest BCUT2D eigenvalue weighted by atomic mass is 19.1. The second kappa shape index (κ2) is 7.67. The van der Waals surface area contributed by atoms with Gasteiger partial charge in [-0.25, -0.2) is 19.6 Å². The van der Waals surface area contributed by atoms with Crippen LogP contribution in [0.2, 0.25) is 0 Å². The molecule has 2 N–H and O–H groups in total. The maximum absolute atomic E-state index is 14.0. The summed E-state index contributed by atoms with van der Waals surface area (Å²) >= 11 is 0. The minimum absolute atomic E-state index is 0.00997. The third-order valence-electron chi connectivity index (χ3n) is 3.45. The Balaban J connectivity index is 1.70. The summed E-state index contributed by atoms with van der Waals surface area (Å²) in [4.78, 5) is 7.82. The number of ether oxygens (including phenoxy) is 1. The van der Waals surface area contributed by atoms with Crippen molar-refractivity contribution in [1.82, 2.24) is 9.97 Å². The minimum atomic E-state index is -0.646. The van der Waals surface area contributed by atoms with Crippen molar-refractivity contribution in [2.75, 3.05) is 5.01 Å². The summed E-state index contributed by atoms with van der Waals surface area (Å²) in [7, 11) is 0. The van der Waals surface area contributed by atoms with Crippen LogP contribution >= 0.6 is 0 Å². The van der Waals surface area contributed by atoms with Crippen LogP contribution in [0.3, 0.4) is 0 Å². The molecule has 0 aliphatic heterocycles. The van der Waals surface area contributed by atoms with E-state index < -0.39 is 5.82 Å². The zero-order valence-electron chi connectivity index (χ0n) is 13.3. The molecule has 0 aliphatic carbocycles. The van der Waals surface area contributed by atoms with Gasteiger partial charge in [0.05, 0.1) is 12.7 Å². The first-order valence-corrected chi connectivity index (χ1v) is 7.58. The van der Waals surface area contributed by atoms with Crippen LogP contribution < -0.4 is 15.6 Å². The van der Waals surface area contributed by atoms with Crippen LogP contribution in [0.4, 0.5) is 14.6 Å². The fourth-order valence-electron chi connectivity index (χ4n) is 2.20. The van der Waals surface area contributed by atoms with Gasteiger partial charge < -0.3 is 4.74 Å². The van der Waals surface area contributed by atoms with Crippen molar-refractivity contribution in [3.05, 3.63) is 83.6 Å². The smallest absolute Gasteiger partial charge is 0.318 e. The molecule has 0 saturated heterocycles. The Kier molecular flexibility index (Phi) is 5.15. The molecule has 0 radical (unpaired) electrons. The van der Waals surface area contributed by atoms with Crippen molar-refractivity contribution in [2.24, 2.45) is 5.84 Å². The number of hydrazine groups is 1. The Morgan fingerprint density at radius 1 is 0.960 bits per heavy atom. The predicted octanol–water partition coefficient (Wildman–Crippen LogP) is 3.21. The van der Waals surface area contributed by atoms with Crippen LogP contribution in [0.25, 0.3) is 0 Å². The van der Waals surface area contributed by atoms with Crippen molar-refractivity contribution in [1.29, 1.82) is 0 Å². The predicted molar refractivity (Wildman–Crippen MR) is 89.5 cm³/mol. The van der Waals surface area contributed by atoms with Gasteiger partial charge in [0.15, 0.2) is 11.6 Å². The SMILES string of the molecule is NN(Cc1ccccc1)c1nc(OCc2ccc(F)cc2)ncc1F. The Labute approximate surface area is 143 Å².